The predicted octanol–water partition coefficient (Wildman–Crippen LogP) is 3.67. The molecule has 1 saturated heterocycles. The highest BCUT2D eigenvalue weighted by Gasteiger charge is 2.57. The Balaban J connectivity index is 0.000000137. The second-order valence-corrected chi connectivity index (χ2v) is 9.45. The Kier molecular flexibility index (Phi) is 4.41. The fourth-order valence-corrected chi connectivity index (χ4v) is 4.66. The van der Waals surface area contributed by atoms with Gasteiger partial charge < -0.3 is 5.32 Å². The number of rotatable bonds is 3. The first-order chi connectivity index (χ1) is 12.4. The summed E-state index contributed by atoms with van der Waals surface area (Å²) in [6.07, 6.45) is 4.41. The molecule has 6 rings (SSSR count). The number of aryl methyl sites for hydroxylation is 1. The van der Waals surface area contributed by atoms with Gasteiger partial charge in [0.25, 0.3) is 10.1 Å². The number of hydrogen-bond acceptors (Lipinski definition) is 3. The van der Waals surface area contributed by atoms with E-state index in [-0.39, 0.29) is 4.90 Å². The quantitative estimate of drug-likeness (QED) is 0.808. The van der Waals surface area contributed by atoms with Crippen LogP contribution in [0.25, 0.3) is 0 Å². The van der Waals surface area contributed by atoms with Crippen LogP contribution in [0.1, 0.15) is 41.9 Å². The summed E-state index contributed by atoms with van der Waals surface area (Å²) in [7, 11) is -4.02. The molecule has 0 spiro atoms. The molecule has 2 bridgehead atoms. The average molecular weight is 372 g/mol. The number of nitrogens with one attached hydrogen (secondary N) is 1. The maximum atomic E-state index is 10.5. The molecule has 4 fully saturated rings. The molecule has 0 aromatic heterocycles. The summed E-state index contributed by atoms with van der Waals surface area (Å²) in [4.78, 5) is -0.0666. The van der Waals surface area contributed by atoms with Crippen molar-refractivity contribution in [3.63, 3.8) is 0 Å². The summed E-state index contributed by atoms with van der Waals surface area (Å²) in [5.74, 6) is 1.87. The SMILES string of the molecule is Cc1ccc(S(=O)(=O)O)cc1.c1cc(C23CC(C2)C3)ccc1C1CNC1. The molecule has 5 heteroatoms. The summed E-state index contributed by atoms with van der Waals surface area (Å²) in [5.41, 5.74) is 4.74. The lowest BCUT2D eigenvalue weighted by Gasteiger charge is -2.62. The van der Waals surface area contributed by atoms with E-state index < -0.39 is 10.1 Å². The average Bonchev–Trinajstić information content (AvgIpc) is 2.44. The van der Waals surface area contributed by atoms with Crippen LogP contribution < -0.4 is 5.32 Å². The Morgan fingerprint density at radius 2 is 1.54 bits per heavy atom. The first-order valence-corrected chi connectivity index (χ1v) is 10.7. The monoisotopic (exact) mass is 371 g/mol. The van der Waals surface area contributed by atoms with Gasteiger partial charge in [0, 0.05) is 19.0 Å². The van der Waals surface area contributed by atoms with E-state index in [1.807, 2.05) is 6.92 Å². The third-order valence-electron chi connectivity index (χ3n) is 6.13. The lowest BCUT2D eigenvalue weighted by molar-refractivity contribution is -0.0274. The summed E-state index contributed by atoms with van der Waals surface area (Å²) in [6.45, 7) is 4.19. The lowest BCUT2D eigenvalue weighted by Crippen LogP contribution is -2.55. The second-order valence-electron chi connectivity index (χ2n) is 8.02. The van der Waals surface area contributed by atoms with Gasteiger partial charge in [-0.1, -0.05) is 42.0 Å². The van der Waals surface area contributed by atoms with Gasteiger partial charge in [0.05, 0.1) is 4.90 Å². The minimum atomic E-state index is -4.02. The van der Waals surface area contributed by atoms with E-state index >= 15 is 0 Å². The minimum absolute atomic E-state index is 0.0666. The third-order valence-corrected chi connectivity index (χ3v) is 7.00. The standard InChI is InChI=1S/C14H17N.C7H8O3S/c1-3-13(14-5-10(6-14)7-14)4-2-11(1)12-8-15-9-12;1-6-2-4-7(5-3-6)11(8,9)10/h1-4,10,12,15H,5-9H2;2-5H,1H3,(H,8,9,10). The van der Waals surface area contributed by atoms with E-state index in [9.17, 15) is 8.42 Å². The molecule has 0 unspecified atom stereocenters. The van der Waals surface area contributed by atoms with Crippen LogP contribution in [0, 0.1) is 12.8 Å². The topological polar surface area (TPSA) is 66.4 Å². The van der Waals surface area contributed by atoms with Crippen LogP contribution in [-0.2, 0) is 15.5 Å². The molecular formula is C21H25NO3S. The molecule has 138 valence electrons. The van der Waals surface area contributed by atoms with Crippen molar-refractivity contribution < 1.29 is 13.0 Å². The lowest BCUT2D eigenvalue weighted by atomic mass is 9.42. The van der Waals surface area contributed by atoms with Gasteiger partial charge in [0.1, 0.15) is 0 Å². The fourth-order valence-electron chi connectivity index (χ4n) is 4.18. The number of hydrogen-bond donors (Lipinski definition) is 2. The van der Waals surface area contributed by atoms with E-state index in [2.05, 4.69) is 29.6 Å². The van der Waals surface area contributed by atoms with Gasteiger partial charge in [-0.2, -0.15) is 8.42 Å². The van der Waals surface area contributed by atoms with E-state index in [4.69, 9.17) is 4.55 Å². The van der Waals surface area contributed by atoms with Crippen LogP contribution in [0.2, 0.25) is 0 Å². The van der Waals surface area contributed by atoms with E-state index in [0.717, 1.165) is 17.4 Å². The molecule has 2 aromatic carbocycles. The fraction of sp³-hybridized carbons (Fsp3) is 0.429. The van der Waals surface area contributed by atoms with Crippen molar-refractivity contribution in [2.45, 2.75) is 42.4 Å². The Morgan fingerprint density at radius 3 is 1.92 bits per heavy atom. The summed E-state index contributed by atoms with van der Waals surface area (Å²) >= 11 is 0. The molecule has 1 aliphatic heterocycles. The number of benzene rings is 2. The Bertz CT molecular complexity index is 867. The van der Waals surface area contributed by atoms with Crippen molar-refractivity contribution >= 4 is 10.1 Å². The molecule has 1 heterocycles. The molecule has 26 heavy (non-hydrogen) atoms. The Hall–Kier alpha value is -1.69. The van der Waals surface area contributed by atoms with Crippen molar-refractivity contribution in [3.05, 3.63) is 65.2 Å². The largest absolute Gasteiger partial charge is 0.315 e. The van der Waals surface area contributed by atoms with Gasteiger partial charge in [0.2, 0.25) is 0 Å². The van der Waals surface area contributed by atoms with Crippen LogP contribution in [-0.4, -0.2) is 26.1 Å². The molecule has 3 saturated carbocycles. The van der Waals surface area contributed by atoms with Crippen LogP contribution in [0.5, 0.6) is 0 Å². The molecule has 0 amide bonds. The van der Waals surface area contributed by atoms with Gasteiger partial charge in [-0.15, -0.1) is 0 Å². The highest BCUT2D eigenvalue weighted by Crippen LogP contribution is 2.65. The highest BCUT2D eigenvalue weighted by atomic mass is 32.2. The van der Waals surface area contributed by atoms with Crippen LogP contribution in [0.15, 0.2) is 53.4 Å². The molecule has 2 aromatic rings. The van der Waals surface area contributed by atoms with Crippen molar-refractivity contribution in [1.29, 1.82) is 0 Å². The molecule has 4 nitrogen and oxygen atoms in total. The van der Waals surface area contributed by atoms with Crippen LogP contribution in [0.3, 0.4) is 0 Å². The first-order valence-electron chi connectivity index (χ1n) is 9.21. The zero-order valence-electron chi connectivity index (χ0n) is 15.0. The van der Waals surface area contributed by atoms with Crippen LogP contribution >= 0.6 is 0 Å². The summed E-state index contributed by atoms with van der Waals surface area (Å²) < 4.78 is 29.6. The third kappa shape index (κ3) is 3.31. The van der Waals surface area contributed by atoms with E-state index in [1.54, 1.807) is 17.7 Å². The maximum absolute atomic E-state index is 10.5. The van der Waals surface area contributed by atoms with Gasteiger partial charge >= 0.3 is 0 Å². The van der Waals surface area contributed by atoms with Gasteiger partial charge in [0.15, 0.2) is 0 Å². The Labute approximate surface area is 155 Å². The van der Waals surface area contributed by atoms with Gasteiger partial charge in [-0.25, -0.2) is 0 Å². The van der Waals surface area contributed by atoms with Crippen molar-refractivity contribution in [2.24, 2.45) is 5.92 Å². The highest BCUT2D eigenvalue weighted by molar-refractivity contribution is 7.85. The van der Waals surface area contributed by atoms with Gasteiger partial charge in [-0.3, -0.25) is 4.55 Å². The molecular weight excluding hydrogens is 346 g/mol. The smallest absolute Gasteiger partial charge is 0.294 e. The zero-order valence-corrected chi connectivity index (χ0v) is 15.8. The van der Waals surface area contributed by atoms with E-state index in [1.165, 1.54) is 50.0 Å². The summed E-state index contributed by atoms with van der Waals surface area (Å²) in [5, 5.41) is 3.33. The second kappa shape index (κ2) is 6.48. The molecule has 0 atom stereocenters. The Morgan fingerprint density at radius 1 is 0.962 bits per heavy atom. The zero-order chi connectivity index (χ0) is 18.4. The van der Waals surface area contributed by atoms with E-state index in [0.29, 0.717) is 5.41 Å². The first kappa shape index (κ1) is 17.7. The summed E-state index contributed by atoms with van der Waals surface area (Å²) in [6, 6.07) is 15.5. The maximum Gasteiger partial charge on any atom is 0.294 e. The van der Waals surface area contributed by atoms with Crippen molar-refractivity contribution in [3.8, 4) is 0 Å². The molecule has 0 radical (unpaired) electrons. The normalized spacial score (nSPS) is 26.6. The molecule has 4 aliphatic rings. The van der Waals surface area contributed by atoms with Crippen molar-refractivity contribution in [1.82, 2.24) is 5.32 Å². The molecule has 3 aliphatic carbocycles. The minimum Gasteiger partial charge on any atom is -0.315 e. The molecule has 2 N–H and O–H groups in total. The van der Waals surface area contributed by atoms with Crippen LogP contribution in [0.4, 0.5) is 0 Å². The predicted molar refractivity (Wildman–Crippen MR) is 102 cm³/mol. The van der Waals surface area contributed by atoms with Crippen molar-refractivity contribution in [2.75, 3.05) is 13.1 Å². The van der Waals surface area contributed by atoms with Gasteiger partial charge in [-0.05, 0) is 60.8 Å².